The Labute approximate surface area is 142 Å². The van der Waals surface area contributed by atoms with E-state index in [0.29, 0.717) is 30.4 Å². The zero-order valence-electron chi connectivity index (χ0n) is 13.4. The molecule has 0 saturated carbocycles. The van der Waals surface area contributed by atoms with Crippen LogP contribution in [0.1, 0.15) is 33.6 Å². The molecule has 2 rings (SSSR count). The molecule has 1 saturated heterocycles. The lowest BCUT2D eigenvalue weighted by Gasteiger charge is -2.33. The quantitative estimate of drug-likeness (QED) is 0.744. The average Bonchev–Trinajstić information content (AvgIpc) is 2.41. The summed E-state index contributed by atoms with van der Waals surface area (Å²) in [6.07, 6.45) is 0.276. The van der Waals surface area contributed by atoms with Gasteiger partial charge >= 0.3 is 6.09 Å². The van der Waals surface area contributed by atoms with E-state index in [1.54, 1.807) is 25.7 Å². The van der Waals surface area contributed by atoms with Crippen molar-refractivity contribution in [3.63, 3.8) is 0 Å². The molecule has 0 unspecified atom stereocenters. The number of carbonyl (C=O) groups excluding carboxylic acids is 1. The number of carbonyl (C=O) groups is 1. The minimum Gasteiger partial charge on any atom is -0.484 e. The number of benzene rings is 1. The first-order valence-corrected chi connectivity index (χ1v) is 8.24. The van der Waals surface area contributed by atoms with Gasteiger partial charge in [0.1, 0.15) is 11.7 Å². The van der Waals surface area contributed by atoms with E-state index in [0.717, 1.165) is 12.1 Å². The van der Waals surface area contributed by atoms with Gasteiger partial charge in [-0.05, 0) is 32.9 Å². The Kier molecular flexibility index (Phi) is 5.49. The Hall–Kier alpha value is -1.37. The molecule has 7 heteroatoms. The van der Waals surface area contributed by atoms with Crippen molar-refractivity contribution in [3.05, 3.63) is 28.2 Å². The maximum absolute atomic E-state index is 13.8. The van der Waals surface area contributed by atoms with E-state index in [4.69, 9.17) is 9.47 Å². The summed E-state index contributed by atoms with van der Waals surface area (Å²) in [5.74, 6) is -1.86. The summed E-state index contributed by atoms with van der Waals surface area (Å²) >= 11 is 3.03. The van der Waals surface area contributed by atoms with Crippen molar-refractivity contribution in [1.82, 2.24) is 4.90 Å². The predicted octanol–water partition coefficient (Wildman–Crippen LogP) is 4.51. The third-order valence-electron chi connectivity index (χ3n) is 3.34. The Morgan fingerprint density at radius 1 is 1.22 bits per heavy atom. The first-order valence-electron chi connectivity index (χ1n) is 7.45. The van der Waals surface area contributed by atoms with Gasteiger partial charge in [-0.1, -0.05) is 15.9 Å². The van der Waals surface area contributed by atoms with Crippen LogP contribution >= 0.6 is 15.9 Å². The molecule has 4 nitrogen and oxygen atoms in total. The first kappa shape index (κ1) is 18.0. The molecular formula is C16H20BrF2NO3. The van der Waals surface area contributed by atoms with E-state index in [2.05, 4.69) is 15.9 Å². The number of likely N-dealkylation sites (tertiary alicyclic amines) is 1. The summed E-state index contributed by atoms with van der Waals surface area (Å²) in [5.41, 5.74) is -0.548. The Bertz CT molecular complexity index is 558. The largest absolute Gasteiger partial charge is 0.484 e. The molecule has 0 aliphatic carbocycles. The van der Waals surface area contributed by atoms with Crippen molar-refractivity contribution >= 4 is 22.0 Å². The van der Waals surface area contributed by atoms with Crippen molar-refractivity contribution in [2.24, 2.45) is 0 Å². The van der Waals surface area contributed by atoms with Gasteiger partial charge in [-0.15, -0.1) is 0 Å². The van der Waals surface area contributed by atoms with Crippen LogP contribution < -0.4 is 4.74 Å². The van der Waals surface area contributed by atoms with E-state index in [-0.39, 0.29) is 17.9 Å². The molecule has 128 valence electrons. The highest BCUT2D eigenvalue weighted by molar-refractivity contribution is 9.10. The first-order chi connectivity index (χ1) is 10.7. The summed E-state index contributed by atoms with van der Waals surface area (Å²) in [6, 6.07) is 2.32. The number of rotatable bonds is 2. The second-order valence-corrected chi connectivity index (χ2v) is 7.40. The number of halogens is 3. The molecule has 0 bridgehead atoms. The molecule has 1 aliphatic heterocycles. The molecule has 1 aromatic carbocycles. The molecule has 0 aromatic heterocycles. The maximum Gasteiger partial charge on any atom is 0.410 e. The predicted molar refractivity (Wildman–Crippen MR) is 85.5 cm³/mol. The van der Waals surface area contributed by atoms with Gasteiger partial charge in [0, 0.05) is 30.4 Å². The number of ether oxygens (including phenoxy) is 2. The van der Waals surface area contributed by atoms with E-state index >= 15 is 0 Å². The fraction of sp³-hybridized carbons (Fsp3) is 0.562. The van der Waals surface area contributed by atoms with E-state index in [9.17, 15) is 13.6 Å². The second-order valence-electron chi connectivity index (χ2n) is 6.48. The zero-order valence-corrected chi connectivity index (χ0v) is 15.0. The van der Waals surface area contributed by atoms with Crippen molar-refractivity contribution in [1.29, 1.82) is 0 Å². The lowest BCUT2D eigenvalue weighted by atomic mass is 10.1. The number of hydrogen-bond donors (Lipinski definition) is 0. The minimum atomic E-state index is -0.744. The van der Waals surface area contributed by atoms with Gasteiger partial charge in [0.15, 0.2) is 17.4 Å². The topological polar surface area (TPSA) is 38.8 Å². The van der Waals surface area contributed by atoms with Gasteiger partial charge in [0.05, 0.1) is 0 Å². The summed E-state index contributed by atoms with van der Waals surface area (Å²) in [6.45, 7) is 6.28. The van der Waals surface area contributed by atoms with Crippen LogP contribution in [-0.4, -0.2) is 35.8 Å². The van der Waals surface area contributed by atoms with E-state index in [1.165, 1.54) is 0 Å². The molecule has 1 fully saturated rings. The molecule has 1 heterocycles. The Balaban J connectivity index is 1.92. The molecule has 0 spiro atoms. The lowest BCUT2D eigenvalue weighted by molar-refractivity contribution is 0.0119. The number of amides is 1. The summed E-state index contributed by atoms with van der Waals surface area (Å²) in [7, 11) is 0. The molecule has 1 amide bonds. The van der Waals surface area contributed by atoms with Gasteiger partial charge in [0.25, 0.3) is 0 Å². The fourth-order valence-corrected chi connectivity index (χ4v) is 2.69. The van der Waals surface area contributed by atoms with Crippen LogP contribution in [0.3, 0.4) is 0 Å². The molecule has 0 N–H and O–H groups in total. The number of piperidine rings is 1. The average molecular weight is 392 g/mol. The third kappa shape index (κ3) is 5.06. The van der Waals surface area contributed by atoms with E-state index < -0.39 is 17.2 Å². The number of nitrogens with zero attached hydrogens (tertiary/aromatic N) is 1. The highest BCUT2D eigenvalue weighted by Crippen LogP contribution is 2.28. The van der Waals surface area contributed by atoms with Crippen molar-refractivity contribution in [2.75, 3.05) is 13.1 Å². The Morgan fingerprint density at radius 2 is 1.74 bits per heavy atom. The highest BCUT2D eigenvalue weighted by Gasteiger charge is 2.28. The standard InChI is InChI=1S/C16H20BrF2NO3/c1-16(2,3)23-15(21)20-6-4-11(5-7-20)22-14-12(18)8-10(17)9-13(14)19/h8-9,11H,4-7H2,1-3H3. The van der Waals surface area contributed by atoms with Crippen LogP contribution in [0.25, 0.3) is 0 Å². The van der Waals surface area contributed by atoms with Crippen LogP contribution in [0.15, 0.2) is 16.6 Å². The lowest BCUT2D eigenvalue weighted by Crippen LogP contribution is -2.44. The number of hydrogen-bond acceptors (Lipinski definition) is 3. The van der Waals surface area contributed by atoms with Crippen molar-refractivity contribution < 1.29 is 23.0 Å². The van der Waals surface area contributed by atoms with Gasteiger partial charge in [-0.3, -0.25) is 0 Å². The van der Waals surface area contributed by atoms with Crippen LogP contribution in [0.2, 0.25) is 0 Å². The molecule has 1 aliphatic rings. The summed E-state index contributed by atoms with van der Waals surface area (Å²) in [4.78, 5) is 13.5. The fourth-order valence-electron chi connectivity index (χ4n) is 2.29. The van der Waals surface area contributed by atoms with Crippen LogP contribution in [0, 0.1) is 11.6 Å². The summed E-state index contributed by atoms with van der Waals surface area (Å²) in [5, 5.41) is 0. The van der Waals surface area contributed by atoms with Crippen molar-refractivity contribution in [3.8, 4) is 5.75 Å². The van der Waals surface area contributed by atoms with Crippen LogP contribution in [-0.2, 0) is 4.74 Å². The molecular weight excluding hydrogens is 372 g/mol. The van der Waals surface area contributed by atoms with Crippen LogP contribution in [0.5, 0.6) is 5.75 Å². The highest BCUT2D eigenvalue weighted by atomic mass is 79.9. The zero-order chi connectivity index (χ0) is 17.2. The summed E-state index contributed by atoms with van der Waals surface area (Å²) < 4.78 is 38.6. The molecule has 23 heavy (non-hydrogen) atoms. The van der Waals surface area contributed by atoms with Crippen molar-refractivity contribution in [2.45, 2.75) is 45.3 Å². The molecule has 1 aromatic rings. The normalized spacial score (nSPS) is 16.3. The van der Waals surface area contributed by atoms with Crippen LogP contribution in [0.4, 0.5) is 13.6 Å². The second kappa shape index (κ2) is 7.03. The van der Waals surface area contributed by atoms with Gasteiger partial charge in [0.2, 0.25) is 0 Å². The Morgan fingerprint density at radius 3 is 2.22 bits per heavy atom. The van der Waals surface area contributed by atoms with Gasteiger partial charge in [-0.25, -0.2) is 13.6 Å². The van der Waals surface area contributed by atoms with Gasteiger partial charge < -0.3 is 14.4 Å². The molecule has 0 atom stereocenters. The maximum atomic E-state index is 13.8. The third-order valence-corrected chi connectivity index (χ3v) is 3.80. The molecule has 0 radical (unpaired) electrons. The van der Waals surface area contributed by atoms with E-state index in [1.807, 2.05) is 0 Å². The monoisotopic (exact) mass is 391 g/mol. The SMILES string of the molecule is CC(C)(C)OC(=O)N1CCC(Oc2c(F)cc(Br)cc2F)CC1. The van der Waals surface area contributed by atoms with Gasteiger partial charge in [-0.2, -0.15) is 0 Å². The smallest absolute Gasteiger partial charge is 0.410 e. The minimum absolute atomic E-state index is 0.319.